The van der Waals surface area contributed by atoms with Gasteiger partial charge < -0.3 is 19.6 Å². The molecule has 1 spiro atoms. The number of aromatic nitrogens is 2. The van der Waals surface area contributed by atoms with Crippen molar-refractivity contribution in [1.29, 1.82) is 0 Å². The summed E-state index contributed by atoms with van der Waals surface area (Å²) in [5, 5.41) is 9.99. The zero-order chi connectivity index (χ0) is 16.3. The van der Waals surface area contributed by atoms with Gasteiger partial charge in [-0.2, -0.15) is 4.39 Å². The van der Waals surface area contributed by atoms with Crippen LogP contribution in [0, 0.1) is 5.82 Å². The van der Waals surface area contributed by atoms with Gasteiger partial charge in [0.05, 0.1) is 12.3 Å². The first-order valence-electron chi connectivity index (χ1n) is 6.23. The summed E-state index contributed by atoms with van der Waals surface area (Å²) in [4.78, 5) is 41.9. The second kappa shape index (κ2) is 4.82. The Morgan fingerprint density at radius 2 is 2.18 bits per heavy atom. The average molecular weight is 338 g/mol. The van der Waals surface area contributed by atoms with Crippen molar-refractivity contribution in [2.75, 3.05) is 0 Å². The highest BCUT2D eigenvalue weighted by molar-refractivity contribution is 7.46. The van der Waals surface area contributed by atoms with Crippen molar-refractivity contribution in [2.45, 2.75) is 36.9 Å². The Morgan fingerprint density at radius 1 is 1.50 bits per heavy atom. The molecule has 2 fully saturated rings. The molecule has 0 aromatic carbocycles. The number of nitrogens with one attached hydrogen (secondary N) is 1. The first kappa shape index (κ1) is 15.5. The molecule has 1 aliphatic heterocycles. The summed E-state index contributed by atoms with van der Waals surface area (Å²) < 4.78 is 34.8. The molecule has 4 atom stereocenters. The second-order valence-corrected chi connectivity index (χ2v) is 6.40. The molecule has 10 nitrogen and oxygen atoms in total. The van der Waals surface area contributed by atoms with E-state index < -0.39 is 48.9 Å². The van der Waals surface area contributed by atoms with Gasteiger partial charge in [-0.05, 0) is 0 Å². The molecule has 2 aliphatic rings. The molecule has 1 aliphatic carbocycles. The average Bonchev–Trinajstić information content (AvgIpc) is 2.93. The number of ether oxygens (including phenoxy) is 1. The maximum atomic E-state index is 13.3. The summed E-state index contributed by atoms with van der Waals surface area (Å²) in [7, 11) is -4.75. The van der Waals surface area contributed by atoms with Gasteiger partial charge in [-0.15, -0.1) is 0 Å². The third-order valence-electron chi connectivity index (χ3n) is 3.73. The van der Waals surface area contributed by atoms with E-state index in [0.29, 0.717) is 6.20 Å². The molecule has 22 heavy (non-hydrogen) atoms. The molecule has 0 unspecified atom stereocenters. The van der Waals surface area contributed by atoms with Crippen LogP contribution in [0.2, 0.25) is 0 Å². The van der Waals surface area contributed by atoms with Crippen LogP contribution in [-0.4, -0.2) is 42.3 Å². The number of aliphatic hydroxyl groups is 1. The normalized spacial score (nSPS) is 34.3. The SMILES string of the molecule is O=c1[nH]c(=O)n([C@H]2C[C@H](O)[C@]3(C[C@H]3OP(=O)(O)O)O2)cc1F. The molecule has 1 saturated carbocycles. The minimum atomic E-state index is -4.75. The molecule has 2 heterocycles. The van der Waals surface area contributed by atoms with E-state index in [0.717, 1.165) is 4.57 Å². The smallest absolute Gasteiger partial charge is 0.390 e. The number of aromatic amines is 1. The van der Waals surface area contributed by atoms with E-state index in [1.54, 1.807) is 4.98 Å². The molecule has 122 valence electrons. The summed E-state index contributed by atoms with van der Waals surface area (Å²) in [6.45, 7) is 0. The van der Waals surface area contributed by atoms with Crippen LogP contribution in [0.5, 0.6) is 0 Å². The topological polar surface area (TPSA) is 151 Å². The maximum Gasteiger partial charge on any atom is 0.469 e. The Hall–Kier alpha value is -1.36. The fraction of sp³-hybridized carbons (Fsp3) is 0.600. The zero-order valence-corrected chi connectivity index (χ0v) is 11.8. The van der Waals surface area contributed by atoms with E-state index in [1.165, 1.54) is 0 Å². The number of hydrogen-bond donors (Lipinski definition) is 4. The monoisotopic (exact) mass is 338 g/mol. The van der Waals surface area contributed by atoms with Crippen molar-refractivity contribution < 1.29 is 33.1 Å². The van der Waals surface area contributed by atoms with Crippen molar-refractivity contribution in [3.63, 3.8) is 0 Å². The minimum absolute atomic E-state index is 0.0242. The molecular weight excluding hydrogens is 326 g/mol. The number of hydrogen-bond acceptors (Lipinski definition) is 6. The fourth-order valence-corrected chi connectivity index (χ4v) is 3.20. The third kappa shape index (κ3) is 2.56. The van der Waals surface area contributed by atoms with Crippen molar-refractivity contribution in [1.82, 2.24) is 9.55 Å². The van der Waals surface area contributed by atoms with Gasteiger partial charge in [-0.1, -0.05) is 0 Å². The molecule has 3 rings (SSSR count). The van der Waals surface area contributed by atoms with E-state index in [-0.39, 0.29) is 12.8 Å². The summed E-state index contributed by atoms with van der Waals surface area (Å²) in [6, 6.07) is 0. The van der Waals surface area contributed by atoms with Crippen LogP contribution in [0.15, 0.2) is 15.8 Å². The molecule has 1 saturated heterocycles. The largest absolute Gasteiger partial charge is 0.469 e. The first-order valence-corrected chi connectivity index (χ1v) is 7.76. The summed E-state index contributed by atoms with van der Waals surface area (Å²) in [6.07, 6.45) is -2.71. The number of nitrogens with zero attached hydrogens (tertiary/aromatic N) is 1. The van der Waals surface area contributed by atoms with Gasteiger partial charge in [0, 0.05) is 12.8 Å². The van der Waals surface area contributed by atoms with Gasteiger partial charge in [-0.25, -0.2) is 9.36 Å². The highest BCUT2D eigenvalue weighted by atomic mass is 31.2. The molecule has 0 bridgehead atoms. The van der Waals surface area contributed by atoms with E-state index in [9.17, 15) is 23.7 Å². The number of halogens is 1. The van der Waals surface area contributed by atoms with Crippen LogP contribution in [0.25, 0.3) is 0 Å². The standard InChI is InChI=1S/C10H12FN2O8P/c11-4-3-13(9(16)12-8(4)15)7-1-5(14)10(20-7)2-6(10)21-22(17,18)19/h3,5-7,14H,1-2H2,(H,12,15,16)(H2,17,18,19)/t5-,6+,7+,10-/m0/s1. The molecule has 4 N–H and O–H groups in total. The van der Waals surface area contributed by atoms with Crippen molar-refractivity contribution in [3.05, 3.63) is 32.9 Å². The first-order chi connectivity index (χ1) is 10.1. The lowest BCUT2D eigenvalue weighted by Gasteiger charge is -2.16. The van der Waals surface area contributed by atoms with E-state index in [1.807, 2.05) is 0 Å². The molecule has 1 aromatic rings. The number of H-pyrrole nitrogens is 1. The van der Waals surface area contributed by atoms with Gasteiger partial charge in [0.15, 0.2) is 0 Å². The summed E-state index contributed by atoms with van der Waals surface area (Å²) >= 11 is 0. The van der Waals surface area contributed by atoms with Crippen LogP contribution in [0.1, 0.15) is 19.1 Å². The van der Waals surface area contributed by atoms with Crippen LogP contribution in [0.4, 0.5) is 4.39 Å². The Morgan fingerprint density at radius 3 is 2.82 bits per heavy atom. The van der Waals surface area contributed by atoms with E-state index in [2.05, 4.69) is 4.52 Å². The Kier molecular flexibility index (Phi) is 3.40. The Balaban J connectivity index is 1.83. The van der Waals surface area contributed by atoms with Gasteiger partial charge in [-0.3, -0.25) is 18.9 Å². The zero-order valence-electron chi connectivity index (χ0n) is 10.9. The van der Waals surface area contributed by atoms with Crippen LogP contribution >= 0.6 is 7.82 Å². The van der Waals surface area contributed by atoms with E-state index in [4.69, 9.17) is 14.5 Å². The van der Waals surface area contributed by atoms with Gasteiger partial charge in [0.25, 0.3) is 5.56 Å². The number of phosphoric ester groups is 1. The van der Waals surface area contributed by atoms with Crippen molar-refractivity contribution in [2.24, 2.45) is 0 Å². The van der Waals surface area contributed by atoms with Gasteiger partial charge in [0.1, 0.15) is 17.9 Å². The van der Waals surface area contributed by atoms with Crippen molar-refractivity contribution in [3.8, 4) is 0 Å². The lowest BCUT2D eigenvalue weighted by molar-refractivity contribution is -0.0602. The minimum Gasteiger partial charge on any atom is -0.390 e. The molecule has 0 amide bonds. The molecule has 12 heteroatoms. The lowest BCUT2D eigenvalue weighted by atomic mass is 10.1. The highest BCUT2D eigenvalue weighted by Gasteiger charge is 2.68. The lowest BCUT2D eigenvalue weighted by Crippen LogP contribution is -2.34. The quantitative estimate of drug-likeness (QED) is 0.490. The maximum absolute atomic E-state index is 13.3. The fourth-order valence-electron chi connectivity index (χ4n) is 2.61. The predicted octanol–water partition coefficient (Wildman–Crippen LogP) is -1.42. The Bertz CT molecular complexity index is 771. The molecule has 0 radical (unpaired) electrons. The number of phosphoric acid groups is 1. The Labute approximate surface area is 121 Å². The van der Waals surface area contributed by atoms with Crippen LogP contribution in [-0.2, 0) is 13.8 Å². The summed E-state index contributed by atoms with van der Waals surface area (Å²) in [5.41, 5.74) is -3.45. The number of aliphatic hydroxyl groups excluding tert-OH is 1. The van der Waals surface area contributed by atoms with Gasteiger partial charge in [0.2, 0.25) is 5.82 Å². The van der Waals surface area contributed by atoms with Crippen LogP contribution < -0.4 is 11.2 Å². The number of rotatable bonds is 3. The third-order valence-corrected chi connectivity index (χ3v) is 4.26. The molecule has 1 aromatic heterocycles. The van der Waals surface area contributed by atoms with Gasteiger partial charge >= 0.3 is 13.5 Å². The molecular formula is C10H12FN2O8P. The highest BCUT2D eigenvalue weighted by Crippen LogP contribution is 2.58. The predicted molar refractivity (Wildman–Crippen MR) is 66.3 cm³/mol. The second-order valence-electron chi connectivity index (χ2n) is 5.21. The summed E-state index contributed by atoms with van der Waals surface area (Å²) in [5.74, 6) is -1.20. The van der Waals surface area contributed by atoms with Crippen molar-refractivity contribution >= 4 is 7.82 Å². The van der Waals surface area contributed by atoms with E-state index >= 15 is 0 Å². The van der Waals surface area contributed by atoms with Crippen LogP contribution in [0.3, 0.4) is 0 Å².